The highest BCUT2D eigenvalue weighted by Gasteiger charge is 2.50. The first-order valence-electron chi connectivity index (χ1n) is 15.2. The molecule has 3 saturated heterocycles. The zero-order valence-electron chi connectivity index (χ0n) is 24.1. The Kier molecular flexibility index (Phi) is 9.00. The predicted octanol–water partition coefficient (Wildman–Crippen LogP) is 3.56. The minimum absolute atomic E-state index is 0.0872. The average Bonchev–Trinajstić information content (AvgIpc) is 3.40. The lowest BCUT2D eigenvalue weighted by Gasteiger charge is -2.56. The van der Waals surface area contributed by atoms with E-state index in [0.717, 1.165) is 49.5 Å². The monoisotopic (exact) mass is 598 g/mol. The molecule has 4 heterocycles. The molecule has 0 radical (unpaired) electrons. The molecule has 1 aromatic carbocycles. The van der Waals surface area contributed by atoms with Gasteiger partial charge < -0.3 is 14.5 Å². The van der Waals surface area contributed by atoms with Crippen molar-refractivity contribution in [3.63, 3.8) is 0 Å². The number of rotatable bonds is 6. The third kappa shape index (κ3) is 6.08. The Bertz CT molecular complexity index is 1180. The van der Waals surface area contributed by atoms with Gasteiger partial charge in [-0.25, -0.2) is 0 Å². The molecule has 41 heavy (non-hydrogen) atoms. The first-order chi connectivity index (χ1) is 19.9. The second-order valence-corrected chi connectivity index (χ2v) is 14.4. The third-order valence-corrected chi connectivity index (χ3v) is 12.1. The number of ether oxygens (including phenoxy) is 1. The SMILES string of the molecule is C=CC(=O)N1CCN(C2NC(OCC3CCCN3C)NC3C[C@@]4(CCC32)Cc2c(Cl)cccc2CS4)CC1CC#N. The van der Waals surface area contributed by atoms with Crippen molar-refractivity contribution in [3.05, 3.63) is 47.0 Å². The van der Waals surface area contributed by atoms with Crippen LogP contribution in [0.15, 0.2) is 30.9 Å². The van der Waals surface area contributed by atoms with Gasteiger partial charge in [0.05, 0.1) is 31.3 Å². The maximum Gasteiger partial charge on any atom is 0.246 e. The predicted molar refractivity (Wildman–Crippen MR) is 163 cm³/mol. The Labute approximate surface area is 253 Å². The number of likely N-dealkylation sites (N-methyl/N-ethyl adjacent to an activating group) is 1. The van der Waals surface area contributed by atoms with Crippen LogP contribution in [0, 0.1) is 17.2 Å². The van der Waals surface area contributed by atoms with Crippen molar-refractivity contribution in [1.82, 2.24) is 25.3 Å². The van der Waals surface area contributed by atoms with E-state index in [2.05, 4.69) is 64.0 Å². The molecule has 1 aromatic rings. The molecule has 1 aliphatic carbocycles. The molecule has 4 aliphatic heterocycles. The second kappa shape index (κ2) is 12.5. The summed E-state index contributed by atoms with van der Waals surface area (Å²) in [4.78, 5) is 19.3. The summed E-state index contributed by atoms with van der Waals surface area (Å²) in [7, 11) is 2.19. The van der Waals surface area contributed by atoms with E-state index in [1.54, 1.807) is 0 Å². The lowest BCUT2D eigenvalue weighted by molar-refractivity contribution is -0.135. The van der Waals surface area contributed by atoms with Crippen LogP contribution in [0.25, 0.3) is 0 Å². The number of amides is 1. The quantitative estimate of drug-likeness (QED) is 0.481. The topological polar surface area (TPSA) is 83.9 Å². The summed E-state index contributed by atoms with van der Waals surface area (Å²) in [5, 5.41) is 18.2. The first kappa shape index (κ1) is 29.4. The number of benzene rings is 1. The van der Waals surface area contributed by atoms with E-state index in [1.165, 1.54) is 30.0 Å². The van der Waals surface area contributed by atoms with Gasteiger partial charge in [-0.1, -0.05) is 30.3 Å². The molecule has 10 heteroatoms. The van der Waals surface area contributed by atoms with Crippen LogP contribution in [0.5, 0.6) is 0 Å². The van der Waals surface area contributed by atoms with Crippen molar-refractivity contribution >= 4 is 29.3 Å². The van der Waals surface area contributed by atoms with Crippen molar-refractivity contribution in [1.29, 1.82) is 5.26 Å². The molecule has 8 nitrogen and oxygen atoms in total. The van der Waals surface area contributed by atoms with E-state index in [0.29, 0.717) is 44.1 Å². The van der Waals surface area contributed by atoms with Gasteiger partial charge in [0, 0.05) is 53.2 Å². The molecule has 1 spiro atoms. The molecule has 7 atom stereocenters. The number of likely N-dealkylation sites (tertiary alicyclic amines) is 1. The highest BCUT2D eigenvalue weighted by Crippen LogP contribution is 2.51. The van der Waals surface area contributed by atoms with Crippen LogP contribution in [-0.4, -0.2) is 95.8 Å². The van der Waals surface area contributed by atoms with E-state index in [-0.39, 0.29) is 29.2 Å². The number of carbonyl (C=O) groups excluding carboxylic acids is 1. The van der Waals surface area contributed by atoms with Gasteiger partial charge in [-0.2, -0.15) is 5.26 Å². The van der Waals surface area contributed by atoms with Crippen molar-refractivity contribution < 1.29 is 9.53 Å². The molecule has 0 aromatic heterocycles. The summed E-state index contributed by atoms with van der Waals surface area (Å²) in [5.74, 6) is 1.33. The molecule has 0 bridgehead atoms. The lowest BCUT2D eigenvalue weighted by Crippen LogP contribution is -2.73. The Morgan fingerprint density at radius 3 is 2.95 bits per heavy atom. The molecule has 6 unspecified atom stereocenters. The zero-order valence-corrected chi connectivity index (χ0v) is 25.6. The van der Waals surface area contributed by atoms with Gasteiger partial charge in [0.15, 0.2) is 6.35 Å². The lowest BCUT2D eigenvalue weighted by atomic mass is 9.72. The van der Waals surface area contributed by atoms with E-state index in [4.69, 9.17) is 16.3 Å². The van der Waals surface area contributed by atoms with Gasteiger partial charge in [0.1, 0.15) is 0 Å². The number of hydrogen-bond acceptors (Lipinski definition) is 8. The molecule has 1 amide bonds. The summed E-state index contributed by atoms with van der Waals surface area (Å²) in [6.45, 7) is 7.56. The largest absolute Gasteiger partial charge is 0.348 e. The minimum Gasteiger partial charge on any atom is -0.348 e. The fraction of sp³-hybridized carbons (Fsp3) is 0.677. The van der Waals surface area contributed by atoms with Gasteiger partial charge in [0.25, 0.3) is 0 Å². The van der Waals surface area contributed by atoms with Crippen LogP contribution < -0.4 is 10.6 Å². The number of fused-ring (bicyclic) bond motifs is 2. The number of piperazine rings is 1. The molecular formula is C31H43ClN6O2S. The maximum atomic E-state index is 12.6. The number of hydrogen-bond donors (Lipinski definition) is 2. The molecule has 6 rings (SSSR count). The Morgan fingerprint density at radius 1 is 1.29 bits per heavy atom. The van der Waals surface area contributed by atoms with E-state index >= 15 is 0 Å². The van der Waals surface area contributed by atoms with Crippen molar-refractivity contribution in [2.24, 2.45) is 5.92 Å². The molecule has 222 valence electrons. The number of nitriles is 1. The Morgan fingerprint density at radius 2 is 2.17 bits per heavy atom. The normalized spacial score (nSPS) is 36.0. The molecule has 2 N–H and O–H groups in total. The van der Waals surface area contributed by atoms with Crippen LogP contribution in [0.3, 0.4) is 0 Å². The first-order valence-corrected chi connectivity index (χ1v) is 16.5. The minimum atomic E-state index is -0.239. The van der Waals surface area contributed by atoms with Crippen LogP contribution in [0.2, 0.25) is 5.02 Å². The van der Waals surface area contributed by atoms with Gasteiger partial charge in [-0.3, -0.25) is 20.3 Å². The number of carbonyl (C=O) groups is 1. The highest BCUT2D eigenvalue weighted by molar-refractivity contribution is 8.00. The van der Waals surface area contributed by atoms with Gasteiger partial charge in [-0.05, 0) is 75.4 Å². The molecular weight excluding hydrogens is 556 g/mol. The zero-order chi connectivity index (χ0) is 28.6. The van der Waals surface area contributed by atoms with Crippen molar-refractivity contribution in [2.75, 3.05) is 39.8 Å². The average molecular weight is 599 g/mol. The summed E-state index contributed by atoms with van der Waals surface area (Å²) >= 11 is 8.82. The Balaban J connectivity index is 1.21. The fourth-order valence-corrected chi connectivity index (χ4v) is 9.69. The van der Waals surface area contributed by atoms with Gasteiger partial charge in [-0.15, -0.1) is 11.8 Å². The summed E-state index contributed by atoms with van der Waals surface area (Å²) in [5.41, 5.74) is 2.71. The number of nitrogens with zero attached hydrogens (tertiary/aromatic N) is 4. The molecule has 5 aliphatic rings. The highest BCUT2D eigenvalue weighted by atomic mass is 35.5. The van der Waals surface area contributed by atoms with Crippen LogP contribution in [0.4, 0.5) is 0 Å². The fourth-order valence-electron chi connectivity index (χ4n) is 7.89. The number of halogens is 1. The smallest absolute Gasteiger partial charge is 0.246 e. The number of thioether (sulfide) groups is 1. The standard InChI is InChI=1S/C31H43ClN6O2S/c1-3-28(39)38-15-14-37(18-22(38)10-12-33)29-24-9-11-31(16-25-21(20-41-31)6-4-8-26(25)32)17-27(24)34-30(35-29)40-19-23-7-5-13-36(23)2/h3-4,6,8,22-24,27,29-30,34-35H,1,5,7,9-11,13-20H2,2H3/t22?,23?,24?,27?,29?,30?,31-/m1/s1. The van der Waals surface area contributed by atoms with Crippen LogP contribution >= 0.6 is 23.4 Å². The maximum absolute atomic E-state index is 12.6. The molecule has 1 saturated carbocycles. The van der Waals surface area contributed by atoms with E-state index in [1.807, 2.05) is 11.0 Å². The van der Waals surface area contributed by atoms with Gasteiger partial charge >= 0.3 is 0 Å². The van der Waals surface area contributed by atoms with Crippen molar-refractivity contribution in [3.8, 4) is 6.07 Å². The van der Waals surface area contributed by atoms with E-state index < -0.39 is 0 Å². The summed E-state index contributed by atoms with van der Waals surface area (Å²) < 4.78 is 6.73. The van der Waals surface area contributed by atoms with Crippen LogP contribution in [0.1, 0.15) is 49.7 Å². The Hall–Kier alpha value is -1.64. The summed E-state index contributed by atoms with van der Waals surface area (Å²) in [6, 6.07) is 9.27. The van der Waals surface area contributed by atoms with E-state index in [9.17, 15) is 10.1 Å². The van der Waals surface area contributed by atoms with Gasteiger partial charge in [0.2, 0.25) is 5.91 Å². The summed E-state index contributed by atoms with van der Waals surface area (Å²) in [6.07, 6.45) is 8.32. The second-order valence-electron chi connectivity index (χ2n) is 12.6. The van der Waals surface area contributed by atoms with Crippen molar-refractivity contribution in [2.45, 2.75) is 86.1 Å². The number of nitrogens with one attached hydrogen (secondary N) is 2. The third-order valence-electron chi connectivity index (χ3n) is 10.2. The van der Waals surface area contributed by atoms with Crippen LogP contribution in [-0.2, 0) is 21.7 Å². The molecule has 4 fully saturated rings.